The van der Waals surface area contributed by atoms with Crippen LogP contribution in [0.2, 0.25) is 0 Å². The van der Waals surface area contributed by atoms with Gasteiger partial charge in [0.1, 0.15) is 11.7 Å². The highest BCUT2D eigenvalue weighted by molar-refractivity contribution is 5.97. The van der Waals surface area contributed by atoms with Crippen molar-refractivity contribution in [3.8, 4) is 11.3 Å². The van der Waals surface area contributed by atoms with Gasteiger partial charge in [0.2, 0.25) is 5.91 Å². The van der Waals surface area contributed by atoms with Crippen LogP contribution in [0.1, 0.15) is 41.5 Å². The zero-order valence-corrected chi connectivity index (χ0v) is 19.4. The molecule has 0 spiro atoms. The molecular weight excluding hydrogens is 456 g/mol. The fourth-order valence-corrected chi connectivity index (χ4v) is 4.41. The second-order valence-corrected chi connectivity index (χ2v) is 9.05. The number of rotatable bonds is 6. The van der Waals surface area contributed by atoms with Crippen LogP contribution in [0.3, 0.4) is 0 Å². The number of pyridine rings is 1. The molecule has 178 valence electrons. The maximum absolute atomic E-state index is 12.4. The lowest BCUT2D eigenvalue weighted by molar-refractivity contribution is -0.119. The molecule has 0 radical (unpaired) electrons. The van der Waals surface area contributed by atoms with Crippen molar-refractivity contribution >= 4 is 28.5 Å². The minimum absolute atomic E-state index is 0.268. The van der Waals surface area contributed by atoms with E-state index in [0.717, 1.165) is 40.7 Å². The Morgan fingerprint density at radius 2 is 1.86 bits per heavy atom. The Morgan fingerprint density at radius 1 is 1.06 bits per heavy atom. The van der Waals surface area contributed by atoms with E-state index in [4.69, 9.17) is 10.8 Å². The first kappa shape index (κ1) is 21.8. The van der Waals surface area contributed by atoms with E-state index >= 15 is 0 Å². The Kier molecular flexibility index (Phi) is 4.96. The molecule has 0 aliphatic heterocycles. The van der Waals surface area contributed by atoms with Crippen molar-refractivity contribution in [2.45, 2.75) is 31.2 Å². The quantitative estimate of drug-likeness (QED) is 0.382. The summed E-state index contributed by atoms with van der Waals surface area (Å²) in [6.07, 6.45) is 5.32. The molecule has 1 aliphatic rings. The van der Waals surface area contributed by atoms with E-state index in [1.807, 2.05) is 12.1 Å². The summed E-state index contributed by atoms with van der Waals surface area (Å²) in [5.74, 6) is 0.212. The molecular formula is C26H22N8O2. The third kappa shape index (κ3) is 3.63. The lowest BCUT2D eigenvalue weighted by Crippen LogP contribution is -2.42. The lowest BCUT2D eigenvalue weighted by Gasteiger charge is -2.14. The summed E-state index contributed by atoms with van der Waals surface area (Å²) < 4.78 is 1.71. The minimum atomic E-state index is -0.758. The van der Waals surface area contributed by atoms with E-state index in [1.54, 1.807) is 41.2 Å². The van der Waals surface area contributed by atoms with Crippen LogP contribution in [0.15, 0.2) is 67.0 Å². The highest BCUT2D eigenvalue weighted by Crippen LogP contribution is 2.53. The number of nitrogens with zero attached hydrogens (tertiary/aromatic N) is 6. The van der Waals surface area contributed by atoms with E-state index in [0.29, 0.717) is 17.0 Å². The standard InChI is InChI=1S/C26H22N8O2/c1-15(22(27)35)30-23(36)17-6-4-16(5-7-17)21-14-29-25-32-31-24(34(25)33-21)26(10-11-26)19-8-9-20-18(13-19)3-2-12-28-20/h2-9,12-15H,10-11H2,1H3,(H2,27,35)(H,30,36)/t15-/m0/s1. The molecule has 5 aromatic rings. The molecule has 6 rings (SSSR count). The number of fused-ring (bicyclic) bond motifs is 2. The van der Waals surface area contributed by atoms with Crippen molar-refractivity contribution in [3.63, 3.8) is 0 Å². The number of aromatic nitrogens is 6. The van der Waals surface area contributed by atoms with Crippen LogP contribution >= 0.6 is 0 Å². The number of primary amides is 1. The van der Waals surface area contributed by atoms with Crippen LogP contribution < -0.4 is 11.1 Å². The zero-order chi connectivity index (χ0) is 24.9. The first-order valence-corrected chi connectivity index (χ1v) is 11.6. The molecule has 1 aliphatic carbocycles. The van der Waals surface area contributed by atoms with Gasteiger partial charge >= 0.3 is 0 Å². The van der Waals surface area contributed by atoms with E-state index in [-0.39, 0.29) is 11.3 Å². The first-order chi connectivity index (χ1) is 17.4. The van der Waals surface area contributed by atoms with Crippen molar-refractivity contribution in [1.29, 1.82) is 0 Å². The predicted octanol–water partition coefficient (Wildman–Crippen LogP) is 2.42. The number of hydrogen-bond donors (Lipinski definition) is 2. The second kappa shape index (κ2) is 8.19. The van der Waals surface area contributed by atoms with Crippen molar-refractivity contribution in [2.75, 3.05) is 0 Å². The predicted molar refractivity (Wildman–Crippen MR) is 132 cm³/mol. The smallest absolute Gasteiger partial charge is 0.271 e. The van der Waals surface area contributed by atoms with Crippen molar-refractivity contribution in [1.82, 2.24) is 35.1 Å². The van der Waals surface area contributed by atoms with Gasteiger partial charge in [0, 0.05) is 22.7 Å². The van der Waals surface area contributed by atoms with E-state index in [1.165, 1.54) is 6.92 Å². The Labute approximate surface area is 205 Å². The first-order valence-electron chi connectivity index (χ1n) is 11.6. The van der Waals surface area contributed by atoms with Gasteiger partial charge in [0.15, 0.2) is 5.82 Å². The molecule has 1 atom stereocenters. The van der Waals surface area contributed by atoms with Crippen LogP contribution in [0.25, 0.3) is 27.9 Å². The Morgan fingerprint density at radius 3 is 2.61 bits per heavy atom. The van der Waals surface area contributed by atoms with E-state index < -0.39 is 11.9 Å². The molecule has 36 heavy (non-hydrogen) atoms. The van der Waals surface area contributed by atoms with Crippen LogP contribution in [0, 0.1) is 0 Å². The van der Waals surface area contributed by atoms with Gasteiger partial charge in [-0.15, -0.1) is 10.2 Å². The summed E-state index contributed by atoms with van der Waals surface area (Å²) in [6, 6.07) is 16.4. The monoisotopic (exact) mass is 478 g/mol. The van der Waals surface area contributed by atoms with Gasteiger partial charge in [0.25, 0.3) is 11.7 Å². The summed E-state index contributed by atoms with van der Waals surface area (Å²) in [5, 5.41) is 17.2. The summed E-state index contributed by atoms with van der Waals surface area (Å²) in [6.45, 7) is 1.54. The summed E-state index contributed by atoms with van der Waals surface area (Å²) in [7, 11) is 0. The molecule has 2 aromatic carbocycles. The molecule has 3 N–H and O–H groups in total. The number of carbonyl (C=O) groups is 2. The number of nitrogens with two attached hydrogens (primary N) is 1. The Balaban J connectivity index is 1.33. The Bertz CT molecular complexity index is 1640. The molecule has 10 heteroatoms. The van der Waals surface area contributed by atoms with Gasteiger partial charge in [-0.1, -0.05) is 24.3 Å². The van der Waals surface area contributed by atoms with Crippen molar-refractivity contribution < 1.29 is 9.59 Å². The van der Waals surface area contributed by atoms with Crippen molar-refractivity contribution in [2.24, 2.45) is 5.73 Å². The molecule has 3 aromatic heterocycles. The van der Waals surface area contributed by atoms with Gasteiger partial charge in [-0.25, -0.2) is 4.98 Å². The van der Waals surface area contributed by atoms with Gasteiger partial charge < -0.3 is 11.1 Å². The molecule has 1 fully saturated rings. The number of carbonyl (C=O) groups excluding carboxylic acids is 2. The largest absolute Gasteiger partial charge is 0.368 e. The maximum atomic E-state index is 12.4. The highest BCUT2D eigenvalue weighted by atomic mass is 16.2. The third-order valence-corrected chi connectivity index (χ3v) is 6.69. The number of nitrogens with one attached hydrogen (secondary N) is 1. The second-order valence-electron chi connectivity index (χ2n) is 9.05. The molecule has 3 heterocycles. The summed E-state index contributed by atoms with van der Waals surface area (Å²) >= 11 is 0. The maximum Gasteiger partial charge on any atom is 0.271 e. The molecule has 0 unspecified atom stereocenters. The topological polar surface area (TPSA) is 141 Å². The number of benzene rings is 2. The SMILES string of the molecule is C[C@H](NC(=O)c1ccc(-c2cnc3nnc(C4(c5ccc6ncccc6c5)CC4)n3n2)cc1)C(N)=O. The summed E-state index contributed by atoms with van der Waals surface area (Å²) in [4.78, 5) is 32.5. The lowest BCUT2D eigenvalue weighted by atomic mass is 9.94. The molecule has 2 amide bonds. The van der Waals surface area contributed by atoms with Crippen LogP contribution in [0.4, 0.5) is 0 Å². The van der Waals surface area contributed by atoms with Crippen LogP contribution in [0.5, 0.6) is 0 Å². The van der Waals surface area contributed by atoms with Crippen molar-refractivity contribution in [3.05, 3.63) is 83.9 Å². The van der Waals surface area contributed by atoms with E-state index in [2.05, 4.69) is 43.7 Å². The van der Waals surface area contributed by atoms with Gasteiger partial charge in [-0.05, 0) is 55.7 Å². The van der Waals surface area contributed by atoms with Gasteiger partial charge in [-0.3, -0.25) is 14.6 Å². The molecule has 10 nitrogen and oxygen atoms in total. The fourth-order valence-electron chi connectivity index (χ4n) is 4.41. The average molecular weight is 479 g/mol. The minimum Gasteiger partial charge on any atom is -0.368 e. The number of hydrogen-bond acceptors (Lipinski definition) is 7. The fraction of sp³-hybridized carbons (Fsp3) is 0.192. The van der Waals surface area contributed by atoms with Crippen LogP contribution in [-0.2, 0) is 10.2 Å². The van der Waals surface area contributed by atoms with E-state index in [9.17, 15) is 9.59 Å². The Hall–Kier alpha value is -4.73. The zero-order valence-electron chi connectivity index (χ0n) is 19.4. The molecule has 0 bridgehead atoms. The molecule has 1 saturated carbocycles. The highest BCUT2D eigenvalue weighted by Gasteiger charge is 2.50. The molecule has 0 saturated heterocycles. The van der Waals surface area contributed by atoms with Gasteiger partial charge in [0.05, 0.1) is 17.1 Å². The normalized spacial score (nSPS) is 15.0. The third-order valence-electron chi connectivity index (χ3n) is 6.69. The van der Waals surface area contributed by atoms with Gasteiger partial charge in [-0.2, -0.15) is 9.61 Å². The number of amides is 2. The van der Waals surface area contributed by atoms with Crippen LogP contribution in [-0.4, -0.2) is 47.6 Å². The summed E-state index contributed by atoms with van der Waals surface area (Å²) in [5.41, 5.74) is 8.88. The average Bonchev–Trinajstić information content (AvgIpc) is 3.60.